The summed E-state index contributed by atoms with van der Waals surface area (Å²) in [5.74, 6) is 1.06. The molecule has 1 aliphatic heterocycles. The van der Waals surface area contributed by atoms with Gasteiger partial charge in [-0.05, 0) is 61.6 Å². The van der Waals surface area contributed by atoms with Crippen LogP contribution < -0.4 is 10.2 Å². The van der Waals surface area contributed by atoms with Gasteiger partial charge in [0.25, 0.3) is 0 Å². The lowest BCUT2D eigenvalue weighted by molar-refractivity contribution is -0.125. The lowest BCUT2D eigenvalue weighted by Crippen LogP contribution is -2.40. The number of nitrogens with one attached hydrogen (secondary N) is 1. The van der Waals surface area contributed by atoms with Crippen molar-refractivity contribution in [2.75, 3.05) is 18.0 Å². The summed E-state index contributed by atoms with van der Waals surface area (Å²) in [6.07, 6.45) is 8.82. The largest absolute Gasteiger partial charge is 0.355 e. The molecule has 3 aromatic heterocycles. The summed E-state index contributed by atoms with van der Waals surface area (Å²) in [5.41, 5.74) is 6.59. The Morgan fingerprint density at radius 2 is 1.94 bits per heavy atom. The Morgan fingerprint density at radius 3 is 2.70 bits per heavy atom. The number of rotatable bonds is 5. The van der Waals surface area contributed by atoms with Crippen LogP contribution in [0.25, 0.3) is 16.8 Å². The van der Waals surface area contributed by atoms with Crippen molar-refractivity contribution in [3.05, 3.63) is 77.9 Å². The van der Waals surface area contributed by atoms with E-state index in [0.717, 1.165) is 54.1 Å². The van der Waals surface area contributed by atoms with E-state index in [1.165, 1.54) is 11.1 Å². The third-order valence-electron chi connectivity index (χ3n) is 6.53. The second kappa shape index (κ2) is 9.02. The fourth-order valence-corrected chi connectivity index (χ4v) is 4.38. The summed E-state index contributed by atoms with van der Waals surface area (Å²) >= 11 is 0. The van der Waals surface area contributed by atoms with E-state index >= 15 is 0 Å². The molecular formula is C26H28N6O. The quantitative estimate of drug-likeness (QED) is 0.509. The molecule has 1 fully saturated rings. The van der Waals surface area contributed by atoms with Crippen LogP contribution in [0.4, 0.5) is 5.82 Å². The normalized spacial score (nSPS) is 14.5. The Labute approximate surface area is 193 Å². The lowest BCUT2D eigenvalue weighted by atomic mass is 9.95. The van der Waals surface area contributed by atoms with Gasteiger partial charge in [-0.1, -0.05) is 18.2 Å². The molecule has 168 valence electrons. The summed E-state index contributed by atoms with van der Waals surface area (Å²) in [5, 5.41) is 7.84. The summed E-state index contributed by atoms with van der Waals surface area (Å²) < 4.78 is 1.90. The number of aryl methyl sites for hydroxylation is 2. The second-order valence-electron chi connectivity index (χ2n) is 8.75. The number of amides is 1. The van der Waals surface area contributed by atoms with Gasteiger partial charge in [-0.15, -0.1) is 0 Å². The highest BCUT2D eigenvalue weighted by Gasteiger charge is 2.26. The molecular weight excluding hydrogens is 412 g/mol. The lowest BCUT2D eigenvalue weighted by Gasteiger charge is -2.32. The number of fused-ring (bicyclic) bond motifs is 1. The molecule has 0 saturated carbocycles. The van der Waals surface area contributed by atoms with Gasteiger partial charge in [0.1, 0.15) is 5.52 Å². The molecule has 7 heteroatoms. The van der Waals surface area contributed by atoms with E-state index < -0.39 is 0 Å². The van der Waals surface area contributed by atoms with Crippen molar-refractivity contribution in [1.82, 2.24) is 24.9 Å². The van der Waals surface area contributed by atoms with E-state index in [-0.39, 0.29) is 11.8 Å². The van der Waals surface area contributed by atoms with Crippen LogP contribution in [-0.2, 0) is 11.3 Å². The maximum absolute atomic E-state index is 12.7. The number of piperidine rings is 1. The molecule has 1 amide bonds. The van der Waals surface area contributed by atoms with Crippen molar-refractivity contribution in [2.45, 2.75) is 33.2 Å². The Kier molecular flexibility index (Phi) is 5.77. The first-order valence-electron chi connectivity index (χ1n) is 11.4. The zero-order valence-electron chi connectivity index (χ0n) is 19.0. The molecule has 0 unspecified atom stereocenters. The predicted molar refractivity (Wildman–Crippen MR) is 129 cm³/mol. The second-order valence-corrected chi connectivity index (χ2v) is 8.75. The van der Waals surface area contributed by atoms with Gasteiger partial charge >= 0.3 is 0 Å². The number of pyridine rings is 1. The van der Waals surface area contributed by atoms with Crippen LogP contribution >= 0.6 is 0 Å². The highest BCUT2D eigenvalue weighted by molar-refractivity contribution is 5.79. The molecule has 0 spiro atoms. The van der Waals surface area contributed by atoms with E-state index in [9.17, 15) is 4.79 Å². The van der Waals surface area contributed by atoms with Gasteiger partial charge in [0, 0.05) is 55.9 Å². The van der Waals surface area contributed by atoms with E-state index in [2.05, 4.69) is 58.3 Å². The number of hydrogen-bond acceptors (Lipinski definition) is 5. The van der Waals surface area contributed by atoms with E-state index in [1.807, 2.05) is 22.8 Å². The Morgan fingerprint density at radius 1 is 1.09 bits per heavy atom. The molecule has 0 atom stereocenters. The SMILES string of the molecule is Cc1ccc(-c2cc3c(N4CCC(C(=O)NCc5cccnc5)CC4)nccn3n2)cc1C. The average Bonchev–Trinajstić information content (AvgIpc) is 3.29. The van der Waals surface area contributed by atoms with Crippen LogP contribution in [0.3, 0.4) is 0 Å². The molecule has 1 saturated heterocycles. The minimum absolute atomic E-state index is 0.0219. The Hall–Kier alpha value is -3.74. The summed E-state index contributed by atoms with van der Waals surface area (Å²) in [6, 6.07) is 12.4. The van der Waals surface area contributed by atoms with Gasteiger partial charge in [0.2, 0.25) is 5.91 Å². The number of hydrogen-bond donors (Lipinski definition) is 1. The fourth-order valence-electron chi connectivity index (χ4n) is 4.38. The minimum Gasteiger partial charge on any atom is -0.355 e. The van der Waals surface area contributed by atoms with Crippen molar-refractivity contribution < 1.29 is 4.79 Å². The molecule has 1 N–H and O–H groups in total. The van der Waals surface area contributed by atoms with Crippen LogP contribution in [0, 0.1) is 19.8 Å². The highest BCUT2D eigenvalue weighted by Crippen LogP contribution is 2.29. The third-order valence-corrected chi connectivity index (χ3v) is 6.53. The predicted octanol–water partition coefficient (Wildman–Crippen LogP) is 3.94. The maximum atomic E-state index is 12.7. The topological polar surface area (TPSA) is 75.4 Å². The number of carbonyl (C=O) groups is 1. The zero-order chi connectivity index (χ0) is 22.8. The number of carbonyl (C=O) groups excluding carboxylic acids is 1. The van der Waals surface area contributed by atoms with Crippen molar-refractivity contribution >= 4 is 17.2 Å². The van der Waals surface area contributed by atoms with Crippen LogP contribution in [0.2, 0.25) is 0 Å². The number of nitrogens with zero attached hydrogens (tertiary/aromatic N) is 5. The van der Waals surface area contributed by atoms with Gasteiger partial charge in [0.05, 0.1) is 5.69 Å². The Bertz CT molecular complexity index is 1270. The summed E-state index contributed by atoms with van der Waals surface area (Å²) in [7, 11) is 0. The zero-order valence-corrected chi connectivity index (χ0v) is 19.0. The standard InChI is InChI=1S/C26H28N6O/c1-18-5-6-22(14-19(18)2)23-15-24-25(28-10-13-32(24)30-23)31-11-7-21(8-12-31)26(33)29-17-20-4-3-9-27-16-20/h3-6,9-10,13-16,21H,7-8,11-12,17H2,1-2H3,(H,29,33). The Balaban J connectivity index is 1.28. The van der Waals surface area contributed by atoms with E-state index in [1.54, 1.807) is 18.6 Å². The molecule has 33 heavy (non-hydrogen) atoms. The summed E-state index contributed by atoms with van der Waals surface area (Å²) in [4.78, 5) is 23.7. The third kappa shape index (κ3) is 4.44. The van der Waals surface area contributed by atoms with Gasteiger partial charge < -0.3 is 10.2 Å². The first kappa shape index (κ1) is 21.1. The highest BCUT2D eigenvalue weighted by atomic mass is 16.1. The van der Waals surface area contributed by atoms with Crippen LogP contribution in [0.1, 0.15) is 29.5 Å². The minimum atomic E-state index is 0.0219. The molecule has 4 aromatic rings. The van der Waals surface area contributed by atoms with Crippen LogP contribution in [-0.4, -0.2) is 38.6 Å². The molecule has 1 aromatic carbocycles. The van der Waals surface area contributed by atoms with Gasteiger partial charge in [0.15, 0.2) is 5.82 Å². The van der Waals surface area contributed by atoms with Crippen molar-refractivity contribution in [3.8, 4) is 11.3 Å². The monoisotopic (exact) mass is 440 g/mol. The summed E-state index contributed by atoms with van der Waals surface area (Å²) in [6.45, 7) is 6.35. The van der Waals surface area contributed by atoms with Crippen molar-refractivity contribution in [3.63, 3.8) is 0 Å². The average molecular weight is 441 g/mol. The maximum Gasteiger partial charge on any atom is 0.223 e. The molecule has 7 nitrogen and oxygen atoms in total. The number of aromatic nitrogens is 4. The molecule has 0 radical (unpaired) electrons. The van der Waals surface area contributed by atoms with Crippen molar-refractivity contribution in [1.29, 1.82) is 0 Å². The molecule has 5 rings (SSSR count). The smallest absolute Gasteiger partial charge is 0.223 e. The van der Waals surface area contributed by atoms with Gasteiger partial charge in [-0.3, -0.25) is 9.78 Å². The molecule has 0 aliphatic carbocycles. The number of anilines is 1. The van der Waals surface area contributed by atoms with Gasteiger partial charge in [-0.2, -0.15) is 5.10 Å². The first-order chi connectivity index (χ1) is 16.1. The van der Waals surface area contributed by atoms with E-state index in [0.29, 0.717) is 6.54 Å². The number of benzene rings is 1. The fraction of sp³-hybridized carbons (Fsp3) is 0.308. The van der Waals surface area contributed by atoms with Crippen molar-refractivity contribution in [2.24, 2.45) is 5.92 Å². The molecule has 0 bridgehead atoms. The molecule has 1 aliphatic rings. The van der Waals surface area contributed by atoms with Crippen LogP contribution in [0.5, 0.6) is 0 Å². The first-order valence-corrected chi connectivity index (χ1v) is 11.4. The van der Waals surface area contributed by atoms with Gasteiger partial charge in [-0.25, -0.2) is 9.50 Å². The van der Waals surface area contributed by atoms with Crippen LogP contribution in [0.15, 0.2) is 61.2 Å². The van der Waals surface area contributed by atoms with E-state index in [4.69, 9.17) is 5.10 Å². The molecule has 4 heterocycles.